The molecule has 0 aliphatic carbocycles. The summed E-state index contributed by atoms with van der Waals surface area (Å²) in [5.41, 5.74) is 1.20. The third-order valence-electron chi connectivity index (χ3n) is 3.47. The molecule has 0 saturated heterocycles. The summed E-state index contributed by atoms with van der Waals surface area (Å²) in [6, 6.07) is 6.84. The van der Waals surface area contributed by atoms with Crippen LogP contribution in [0.5, 0.6) is 5.75 Å². The third-order valence-corrected chi connectivity index (χ3v) is 5.36. The van der Waals surface area contributed by atoms with Crippen molar-refractivity contribution in [3.05, 3.63) is 30.0 Å². The number of hydrogen-bond acceptors (Lipinski definition) is 4. The molecule has 0 radical (unpaired) electrons. The van der Waals surface area contributed by atoms with Crippen LogP contribution in [0.3, 0.4) is 0 Å². The Kier molecular flexibility index (Phi) is 5.30. The minimum atomic E-state index is -3.12. The van der Waals surface area contributed by atoms with Crippen molar-refractivity contribution in [2.45, 2.75) is 26.8 Å². The van der Waals surface area contributed by atoms with Crippen molar-refractivity contribution in [1.29, 1.82) is 0 Å². The molecule has 1 aromatic carbocycles. The first-order valence-corrected chi connectivity index (χ1v) is 9.43. The molecule has 7 heteroatoms. The van der Waals surface area contributed by atoms with E-state index in [-0.39, 0.29) is 17.4 Å². The van der Waals surface area contributed by atoms with Crippen LogP contribution in [0.15, 0.2) is 24.3 Å². The normalized spacial score (nSPS) is 13.0. The molecule has 0 aliphatic heterocycles. The van der Waals surface area contributed by atoms with E-state index in [0.717, 1.165) is 16.7 Å². The van der Waals surface area contributed by atoms with Crippen LogP contribution in [0.2, 0.25) is 0 Å². The first-order valence-electron chi connectivity index (χ1n) is 7.61. The summed E-state index contributed by atoms with van der Waals surface area (Å²) >= 11 is 0. The van der Waals surface area contributed by atoms with E-state index in [1.165, 1.54) is 0 Å². The van der Waals surface area contributed by atoms with Gasteiger partial charge >= 0.3 is 0 Å². The van der Waals surface area contributed by atoms with Crippen LogP contribution < -0.4 is 10.1 Å². The number of aromatic nitrogens is 1. The topological polar surface area (TPSA) is 88.3 Å². The molecule has 2 aromatic rings. The quantitative estimate of drug-likeness (QED) is 0.809. The summed E-state index contributed by atoms with van der Waals surface area (Å²) in [6.07, 6.45) is 0. The van der Waals surface area contributed by atoms with Gasteiger partial charge in [-0.2, -0.15) is 0 Å². The lowest BCUT2D eigenvalue weighted by Crippen LogP contribution is -2.38. The van der Waals surface area contributed by atoms with Gasteiger partial charge in [0.05, 0.1) is 12.4 Å². The molecule has 1 amide bonds. The first kappa shape index (κ1) is 17.3. The number of sulfone groups is 1. The number of hydrogen-bond donors (Lipinski definition) is 2. The van der Waals surface area contributed by atoms with Crippen LogP contribution in [-0.2, 0) is 9.84 Å². The number of fused-ring (bicyclic) bond motifs is 1. The number of nitrogens with one attached hydrogen (secondary N) is 2. The van der Waals surface area contributed by atoms with Gasteiger partial charge in [0, 0.05) is 28.8 Å². The van der Waals surface area contributed by atoms with E-state index in [2.05, 4.69) is 10.3 Å². The maximum absolute atomic E-state index is 12.2. The van der Waals surface area contributed by atoms with E-state index in [9.17, 15) is 13.2 Å². The Labute approximate surface area is 136 Å². The summed E-state index contributed by atoms with van der Waals surface area (Å²) in [6.45, 7) is 5.75. The highest BCUT2D eigenvalue weighted by atomic mass is 32.2. The highest BCUT2D eigenvalue weighted by Gasteiger charge is 2.17. The summed E-state index contributed by atoms with van der Waals surface area (Å²) < 4.78 is 28.6. The fourth-order valence-electron chi connectivity index (χ4n) is 2.33. The van der Waals surface area contributed by atoms with Gasteiger partial charge in [-0.25, -0.2) is 8.42 Å². The summed E-state index contributed by atoms with van der Waals surface area (Å²) in [7, 11) is -3.12. The Morgan fingerprint density at radius 3 is 2.70 bits per heavy atom. The van der Waals surface area contributed by atoms with E-state index in [4.69, 9.17) is 4.74 Å². The van der Waals surface area contributed by atoms with Crippen molar-refractivity contribution >= 4 is 26.6 Å². The van der Waals surface area contributed by atoms with Crippen LogP contribution >= 0.6 is 0 Å². The second kappa shape index (κ2) is 7.04. The molecule has 0 spiro atoms. The smallest absolute Gasteiger partial charge is 0.267 e. The Bertz CT molecular complexity index is 796. The number of carbonyl (C=O) groups excluding carboxylic acids is 1. The van der Waals surface area contributed by atoms with Gasteiger partial charge in [0.2, 0.25) is 0 Å². The number of rotatable bonds is 7. The summed E-state index contributed by atoms with van der Waals surface area (Å²) in [5, 5.41) is 3.60. The summed E-state index contributed by atoms with van der Waals surface area (Å²) in [5.74, 6) is 0.415. The average molecular weight is 338 g/mol. The number of carbonyl (C=O) groups is 1. The van der Waals surface area contributed by atoms with E-state index in [0.29, 0.717) is 12.3 Å². The molecule has 23 heavy (non-hydrogen) atoms. The van der Waals surface area contributed by atoms with Crippen molar-refractivity contribution in [1.82, 2.24) is 10.3 Å². The second-order valence-electron chi connectivity index (χ2n) is 5.44. The average Bonchev–Trinajstić information content (AvgIpc) is 2.90. The molecule has 1 aromatic heterocycles. The van der Waals surface area contributed by atoms with Crippen LogP contribution in [0.1, 0.15) is 31.3 Å². The number of H-pyrrole nitrogens is 1. The van der Waals surface area contributed by atoms with Gasteiger partial charge in [-0.05, 0) is 32.0 Å². The van der Waals surface area contributed by atoms with Crippen molar-refractivity contribution in [2.24, 2.45) is 0 Å². The monoisotopic (exact) mass is 338 g/mol. The van der Waals surface area contributed by atoms with E-state index < -0.39 is 15.9 Å². The van der Waals surface area contributed by atoms with Gasteiger partial charge in [-0.3, -0.25) is 4.79 Å². The predicted octanol–water partition coefficient (Wildman–Crippen LogP) is 2.12. The molecule has 126 valence electrons. The van der Waals surface area contributed by atoms with Crippen molar-refractivity contribution in [3.8, 4) is 5.75 Å². The van der Waals surface area contributed by atoms with Crippen molar-refractivity contribution < 1.29 is 17.9 Å². The number of aromatic amines is 1. The number of amides is 1. The second-order valence-corrected chi connectivity index (χ2v) is 7.84. The minimum Gasteiger partial charge on any atom is -0.494 e. The lowest BCUT2D eigenvalue weighted by molar-refractivity contribution is 0.0939. The lowest BCUT2D eigenvalue weighted by Gasteiger charge is -2.12. The highest BCUT2D eigenvalue weighted by molar-refractivity contribution is 7.91. The maximum Gasteiger partial charge on any atom is 0.267 e. The van der Waals surface area contributed by atoms with Gasteiger partial charge in [-0.15, -0.1) is 0 Å². The molecular formula is C16H22N2O4S. The van der Waals surface area contributed by atoms with E-state index >= 15 is 0 Å². The fraction of sp³-hybridized carbons (Fsp3) is 0.438. The highest BCUT2D eigenvalue weighted by Crippen LogP contribution is 2.21. The number of benzene rings is 1. The van der Waals surface area contributed by atoms with Gasteiger partial charge in [0.15, 0.2) is 9.84 Å². The lowest BCUT2D eigenvalue weighted by atomic mass is 10.2. The molecule has 2 rings (SSSR count). The predicted molar refractivity (Wildman–Crippen MR) is 90.7 cm³/mol. The molecule has 1 heterocycles. The van der Waals surface area contributed by atoms with Crippen LogP contribution in [0.4, 0.5) is 0 Å². The molecule has 0 bridgehead atoms. The van der Waals surface area contributed by atoms with E-state index in [1.807, 2.05) is 25.1 Å². The molecule has 0 saturated carbocycles. The fourth-order valence-corrected chi connectivity index (χ4v) is 3.41. The zero-order chi connectivity index (χ0) is 17.0. The van der Waals surface area contributed by atoms with Gasteiger partial charge < -0.3 is 15.0 Å². The van der Waals surface area contributed by atoms with Gasteiger partial charge in [0.1, 0.15) is 11.4 Å². The van der Waals surface area contributed by atoms with Gasteiger partial charge in [0.25, 0.3) is 5.91 Å². The van der Waals surface area contributed by atoms with Crippen LogP contribution in [0.25, 0.3) is 10.9 Å². The van der Waals surface area contributed by atoms with Crippen LogP contribution in [-0.4, -0.2) is 43.5 Å². The maximum atomic E-state index is 12.2. The van der Waals surface area contributed by atoms with Crippen molar-refractivity contribution in [3.63, 3.8) is 0 Å². The zero-order valence-corrected chi connectivity index (χ0v) is 14.4. The Morgan fingerprint density at radius 2 is 2.04 bits per heavy atom. The Balaban J connectivity index is 2.11. The van der Waals surface area contributed by atoms with Crippen LogP contribution in [0, 0.1) is 0 Å². The minimum absolute atomic E-state index is 0.0655. The molecule has 0 aliphatic rings. The molecule has 6 nitrogen and oxygen atoms in total. The van der Waals surface area contributed by atoms with Crippen molar-refractivity contribution in [2.75, 3.05) is 18.1 Å². The molecule has 0 unspecified atom stereocenters. The first-order chi connectivity index (χ1) is 10.8. The largest absolute Gasteiger partial charge is 0.494 e. The standard InChI is InChI=1S/C16H22N2O4S/c1-4-22-13-7-6-12-8-15(18-14(12)9-13)16(19)17-11(3)10-23(20,21)5-2/h6-9,11,18H,4-5,10H2,1-3H3,(H,17,19)/t11-/m1/s1. The Hall–Kier alpha value is -2.02. The zero-order valence-electron chi connectivity index (χ0n) is 13.5. The molecule has 1 atom stereocenters. The third kappa shape index (κ3) is 4.48. The molecular weight excluding hydrogens is 316 g/mol. The van der Waals surface area contributed by atoms with E-state index in [1.54, 1.807) is 19.9 Å². The summed E-state index contributed by atoms with van der Waals surface area (Å²) in [4.78, 5) is 15.3. The Morgan fingerprint density at radius 1 is 1.30 bits per heavy atom. The SMILES string of the molecule is CCOc1ccc2cc(C(=O)N[C@H](C)CS(=O)(=O)CC)[nH]c2c1. The molecule has 0 fully saturated rings. The molecule has 2 N–H and O–H groups in total. The number of ether oxygens (including phenoxy) is 1. The van der Waals surface area contributed by atoms with Gasteiger partial charge in [-0.1, -0.05) is 6.92 Å².